The fourth-order valence-electron chi connectivity index (χ4n) is 0.968. The van der Waals surface area contributed by atoms with E-state index < -0.39 is 0 Å². The Hall–Kier alpha value is -1.10. The van der Waals surface area contributed by atoms with Crippen LogP contribution in [0.25, 0.3) is 0 Å². The van der Waals surface area contributed by atoms with E-state index in [2.05, 4.69) is 10.4 Å². The first-order valence-electron chi connectivity index (χ1n) is 3.33. The number of carbonyl (C=O) groups excluding carboxylic acids is 1. The average molecular weight is 169 g/mol. The lowest BCUT2D eigenvalue weighted by atomic mass is 10.4. The zero-order valence-corrected chi connectivity index (χ0v) is 6.60. The topological polar surface area (TPSA) is 45.2 Å². The first kappa shape index (κ1) is 6.60. The van der Waals surface area contributed by atoms with Crippen molar-refractivity contribution in [3.63, 3.8) is 0 Å². The number of aromatic nitrogens is 1. The quantitative estimate of drug-likeness (QED) is 0.661. The van der Waals surface area contributed by atoms with Crippen molar-refractivity contribution in [3.8, 4) is 0 Å². The number of amides is 1. The van der Waals surface area contributed by atoms with E-state index in [9.17, 15) is 4.79 Å². The first-order chi connectivity index (χ1) is 5.36. The maximum absolute atomic E-state index is 10.8. The molecule has 1 N–H and O–H groups in total. The van der Waals surface area contributed by atoms with Crippen LogP contribution in [-0.4, -0.2) is 17.4 Å². The minimum Gasteiger partial charge on any atom is -0.273 e. The number of thiazole rings is 1. The van der Waals surface area contributed by atoms with Crippen molar-refractivity contribution in [3.05, 3.63) is 11.6 Å². The molecule has 1 aromatic rings. The SMILES string of the molecule is O=C1CCN(c2nccs2)N1. The monoisotopic (exact) mass is 169 g/mol. The summed E-state index contributed by atoms with van der Waals surface area (Å²) in [5.74, 6) is 0.0696. The Morgan fingerprint density at radius 2 is 2.64 bits per heavy atom. The molecule has 0 saturated carbocycles. The molecule has 0 radical (unpaired) electrons. The zero-order chi connectivity index (χ0) is 7.68. The third-order valence-electron chi connectivity index (χ3n) is 1.47. The molecule has 0 aromatic carbocycles. The van der Waals surface area contributed by atoms with E-state index in [1.807, 2.05) is 5.38 Å². The predicted octanol–water partition coefficient (Wildman–Crippen LogP) is 0.384. The molecule has 1 aliphatic rings. The highest BCUT2D eigenvalue weighted by atomic mass is 32.1. The molecule has 0 atom stereocenters. The lowest BCUT2D eigenvalue weighted by Gasteiger charge is -2.11. The Bertz CT molecular complexity index is 259. The van der Waals surface area contributed by atoms with Crippen molar-refractivity contribution in [1.82, 2.24) is 10.4 Å². The van der Waals surface area contributed by atoms with E-state index in [0.717, 1.165) is 11.7 Å². The van der Waals surface area contributed by atoms with Crippen LogP contribution < -0.4 is 10.4 Å². The Morgan fingerprint density at radius 1 is 1.73 bits per heavy atom. The van der Waals surface area contributed by atoms with Crippen LogP contribution in [0.1, 0.15) is 6.42 Å². The van der Waals surface area contributed by atoms with Gasteiger partial charge in [0.1, 0.15) is 0 Å². The largest absolute Gasteiger partial charge is 0.273 e. The molecule has 11 heavy (non-hydrogen) atoms. The van der Waals surface area contributed by atoms with Gasteiger partial charge in [0.25, 0.3) is 0 Å². The van der Waals surface area contributed by atoms with Crippen LogP contribution in [0.4, 0.5) is 5.13 Å². The van der Waals surface area contributed by atoms with Crippen LogP contribution in [-0.2, 0) is 4.79 Å². The van der Waals surface area contributed by atoms with Crippen LogP contribution in [0.2, 0.25) is 0 Å². The highest BCUT2D eigenvalue weighted by molar-refractivity contribution is 7.13. The lowest BCUT2D eigenvalue weighted by molar-refractivity contribution is -0.119. The fourth-order valence-corrected chi connectivity index (χ4v) is 1.60. The van der Waals surface area contributed by atoms with Gasteiger partial charge >= 0.3 is 0 Å². The smallest absolute Gasteiger partial charge is 0.240 e. The summed E-state index contributed by atoms with van der Waals surface area (Å²) in [6.07, 6.45) is 2.30. The number of nitrogens with zero attached hydrogens (tertiary/aromatic N) is 2. The van der Waals surface area contributed by atoms with Crippen molar-refractivity contribution in [2.45, 2.75) is 6.42 Å². The molecule has 1 aliphatic heterocycles. The van der Waals surface area contributed by atoms with E-state index in [4.69, 9.17) is 0 Å². The highest BCUT2D eigenvalue weighted by Gasteiger charge is 2.19. The molecule has 2 rings (SSSR count). The van der Waals surface area contributed by atoms with Crippen molar-refractivity contribution >= 4 is 22.4 Å². The van der Waals surface area contributed by atoms with E-state index >= 15 is 0 Å². The van der Waals surface area contributed by atoms with E-state index in [1.54, 1.807) is 11.2 Å². The van der Waals surface area contributed by atoms with Crippen LogP contribution in [0, 0.1) is 0 Å². The van der Waals surface area contributed by atoms with Gasteiger partial charge in [-0.15, -0.1) is 11.3 Å². The van der Waals surface area contributed by atoms with E-state index in [1.165, 1.54) is 11.3 Å². The van der Waals surface area contributed by atoms with Gasteiger partial charge in [0.05, 0.1) is 6.54 Å². The molecule has 58 valence electrons. The molecular formula is C6H7N3OS. The van der Waals surface area contributed by atoms with E-state index in [-0.39, 0.29) is 5.91 Å². The molecule has 0 spiro atoms. The number of nitrogens with one attached hydrogen (secondary N) is 1. The highest BCUT2D eigenvalue weighted by Crippen LogP contribution is 2.17. The number of carbonyl (C=O) groups is 1. The maximum Gasteiger partial charge on any atom is 0.240 e. The summed E-state index contributed by atoms with van der Waals surface area (Å²) in [5.41, 5.74) is 2.70. The van der Waals surface area contributed by atoms with Crippen LogP contribution in [0.3, 0.4) is 0 Å². The maximum atomic E-state index is 10.8. The Kier molecular flexibility index (Phi) is 1.50. The van der Waals surface area contributed by atoms with Gasteiger partial charge in [-0.1, -0.05) is 0 Å². The third-order valence-corrected chi connectivity index (χ3v) is 2.27. The molecule has 0 unspecified atom stereocenters. The van der Waals surface area contributed by atoms with Gasteiger partial charge in [0.2, 0.25) is 11.0 Å². The zero-order valence-electron chi connectivity index (χ0n) is 5.78. The van der Waals surface area contributed by atoms with Gasteiger partial charge in [-0.3, -0.25) is 15.2 Å². The Balaban J connectivity index is 2.13. The standard InChI is InChI=1S/C6H7N3OS/c10-5-1-3-9(8-5)6-7-2-4-11-6/h2,4H,1,3H2,(H,8,10). The molecule has 0 aliphatic carbocycles. The summed E-state index contributed by atoms with van der Waals surface area (Å²) in [5, 5.41) is 4.52. The molecule has 4 nitrogen and oxygen atoms in total. The second-order valence-corrected chi connectivity index (χ2v) is 3.12. The molecule has 1 amide bonds. The van der Waals surface area contributed by atoms with Gasteiger partial charge in [-0.05, 0) is 0 Å². The van der Waals surface area contributed by atoms with Gasteiger partial charge in [0.15, 0.2) is 0 Å². The molecule has 2 heterocycles. The van der Waals surface area contributed by atoms with Gasteiger partial charge < -0.3 is 0 Å². The van der Waals surface area contributed by atoms with Crippen molar-refractivity contribution in [1.29, 1.82) is 0 Å². The van der Waals surface area contributed by atoms with Gasteiger partial charge in [0, 0.05) is 18.0 Å². The number of hydrogen-bond donors (Lipinski definition) is 1. The van der Waals surface area contributed by atoms with Crippen LogP contribution >= 0.6 is 11.3 Å². The molecule has 5 heteroatoms. The Labute approximate surface area is 67.8 Å². The number of rotatable bonds is 1. The first-order valence-corrected chi connectivity index (χ1v) is 4.21. The number of anilines is 1. The number of hydrogen-bond acceptors (Lipinski definition) is 4. The lowest BCUT2D eigenvalue weighted by Crippen LogP contribution is -2.32. The van der Waals surface area contributed by atoms with Gasteiger partial charge in [-0.2, -0.15) is 0 Å². The summed E-state index contributed by atoms with van der Waals surface area (Å²) in [6, 6.07) is 0. The second kappa shape index (κ2) is 2.50. The number of hydrazine groups is 1. The summed E-state index contributed by atoms with van der Waals surface area (Å²) < 4.78 is 0. The third kappa shape index (κ3) is 1.19. The Morgan fingerprint density at radius 3 is 3.18 bits per heavy atom. The predicted molar refractivity (Wildman–Crippen MR) is 42.2 cm³/mol. The van der Waals surface area contributed by atoms with Crippen molar-refractivity contribution in [2.24, 2.45) is 0 Å². The molecule has 1 fully saturated rings. The fraction of sp³-hybridized carbons (Fsp3) is 0.333. The minimum absolute atomic E-state index is 0.0696. The summed E-state index contributed by atoms with van der Waals surface area (Å²) in [7, 11) is 0. The van der Waals surface area contributed by atoms with Crippen molar-refractivity contribution < 1.29 is 4.79 Å². The summed E-state index contributed by atoms with van der Waals surface area (Å²) in [4.78, 5) is 14.8. The summed E-state index contributed by atoms with van der Waals surface area (Å²) >= 11 is 1.52. The van der Waals surface area contributed by atoms with Crippen molar-refractivity contribution in [2.75, 3.05) is 11.6 Å². The normalized spacial score (nSPS) is 17.1. The summed E-state index contributed by atoms with van der Waals surface area (Å²) in [6.45, 7) is 0.729. The molecule has 1 aromatic heterocycles. The van der Waals surface area contributed by atoms with Gasteiger partial charge in [-0.25, -0.2) is 4.98 Å². The van der Waals surface area contributed by atoms with E-state index in [0.29, 0.717) is 6.42 Å². The van der Waals surface area contributed by atoms with Crippen LogP contribution in [0.5, 0.6) is 0 Å². The minimum atomic E-state index is 0.0696. The van der Waals surface area contributed by atoms with Crippen LogP contribution in [0.15, 0.2) is 11.6 Å². The molecule has 1 saturated heterocycles. The molecular weight excluding hydrogens is 162 g/mol. The second-order valence-electron chi connectivity index (χ2n) is 2.25. The average Bonchev–Trinajstić information content (AvgIpc) is 2.55. The molecule has 0 bridgehead atoms.